The summed E-state index contributed by atoms with van der Waals surface area (Å²) in [6, 6.07) is 19.5. The maximum absolute atomic E-state index is 12.6. The molecule has 0 aliphatic carbocycles. The van der Waals surface area contributed by atoms with E-state index >= 15 is 0 Å². The van der Waals surface area contributed by atoms with E-state index < -0.39 is 0 Å². The van der Waals surface area contributed by atoms with Gasteiger partial charge in [0, 0.05) is 42.4 Å². The molecule has 2 aromatic carbocycles. The van der Waals surface area contributed by atoms with Crippen LogP contribution in [0.25, 0.3) is 11.1 Å². The Bertz CT molecular complexity index is 1040. The van der Waals surface area contributed by atoms with E-state index in [4.69, 9.17) is 4.74 Å². The third-order valence-electron chi connectivity index (χ3n) is 5.43. The highest BCUT2D eigenvalue weighted by molar-refractivity contribution is 5.96. The maximum Gasteiger partial charge on any atom is 0.226 e. The van der Waals surface area contributed by atoms with Gasteiger partial charge in [-0.2, -0.15) is 0 Å². The Kier molecular flexibility index (Phi) is 8.14. The number of hydrogen-bond acceptors (Lipinski definition) is 4. The van der Waals surface area contributed by atoms with E-state index in [1.807, 2.05) is 72.5 Å². The minimum Gasteiger partial charge on any atom is -0.481 e. The summed E-state index contributed by atoms with van der Waals surface area (Å²) >= 11 is 0. The second-order valence-electron chi connectivity index (χ2n) is 7.62. The Morgan fingerprint density at radius 1 is 0.938 bits per heavy atom. The molecule has 5 nitrogen and oxygen atoms in total. The van der Waals surface area contributed by atoms with Gasteiger partial charge >= 0.3 is 0 Å². The van der Waals surface area contributed by atoms with Crippen molar-refractivity contribution in [1.29, 1.82) is 0 Å². The molecule has 1 aromatic heterocycles. The molecule has 0 radical (unpaired) electrons. The first-order valence-electron chi connectivity index (χ1n) is 11.1. The van der Waals surface area contributed by atoms with Crippen LogP contribution in [-0.2, 0) is 11.2 Å². The lowest BCUT2D eigenvalue weighted by atomic mass is 9.99. The van der Waals surface area contributed by atoms with Gasteiger partial charge in [0.2, 0.25) is 11.8 Å². The zero-order valence-electron chi connectivity index (χ0n) is 19.0. The number of ether oxygens (including phenoxy) is 1. The smallest absolute Gasteiger partial charge is 0.226 e. The van der Waals surface area contributed by atoms with Crippen LogP contribution < -0.4 is 9.64 Å². The van der Waals surface area contributed by atoms with Crippen molar-refractivity contribution in [3.05, 3.63) is 78.0 Å². The third kappa shape index (κ3) is 5.61. The Hall–Kier alpha value is -3.47. The van der Waals surface area contributed by atoms with Crippen molar-refractivity contribution in [3.8, 4) is 17.0 Å². The predicted molar refractivity (Wildman–Crippen MR) is 128 cm³/mol. The first kappa shape index (κ1) is 23.2. The number of methoxy groups -OCH3 is 1. The second kappa shape index (κ2) is 11.2. The number of carbonyl (C=O) groups is 2. The summed E-state index contributed by atoms with van der Waals surface area (Å²) in [4.78, 5) is 30.9. The van der Waals surface area contributed by atoms with Crippen LogP contribution in [0.1, 0.15) is 49.0 Å². The topological polar surface area (TPSA) is 59.5 Å². The average molecular weight is 431 g/mol. The molecule has 0 bridgehead atoms. The molecule has 3 aromatic rings. The van der Waals surface area contributed by atoms with Crippen LogP contribution in [-0.4, -0.2) is 30.3 Å². The van der Waals surface area contributed by atoms with Gasteiger partial charge in [0.25, 0.3) is 0 Å². The van der Waals surface area contributed by atoms with Crippen LogP contribution in [0.2, 0.25) is 0 Å². The summed E-state index contributed by atoms with van der Waals surface area (Å²) in [7, 11) is 1.59. The largest absolute Gasteiger partial charge is 0.481 e. The molecule has 0 atom stereocenters. The quantitative estimate of drug-likeness (QED) is 0.386. The molecule has 1 amide bonds. The predicted octanol–water partition coefficient (Wildman–Crippen LogP) is 5.73. The van der Waals surface area contributed by atoms with Crippen molar-refractivity contribution < 1.29 is 14.3 Å². The van der Waals surface area contributed by atoms with Gasteiger partial charge in [0.15, 0.2) is 5.78 Å². The van der Waals surface area contributed by atoms with Gasteiger partial charge in [-0.3, -0.25) is 9.59 Å². The lowest BCUT2D eigenvalue weighted by Crippen LogP contribution is -2.30. The number of amides is 1. The third-order valence-corrected chi connectivity index (χ3v) is 5.43. The van der Waals surface area contributed by atoms with Crippen LogP contribution in [0.3, 0.4) is 0 Å². The van der Waals surface area contributed by atoms with Crippen LogP contribution in [0.4, 0.5) is 5.69 Å². The molecule has 32 heavy (non-hydrogen) atoms. The fourth-order valence-electron chi connectivity index (χ4n) is 3.69. The molecule has 0 aliphatic heterocycles. The van der Waals surface area contributed by atoms with Crippen LogP contribution in [0.5, 0.6) is 5.88 Å². The van der Waals surface area contributed by atoms with E-state index in [1.54, 1.807) is 13.3 Å². The number of Topliss-reactive ketones (excluding diaryl/α,β-unsaturated/α-hetero) is 1. The Balaban J connectivity index is 1.67. The van der Waals surface area contributed by atoms with Crippen LogP contribution in [0.15, 0.2) is 66.9 Å². The minimum absolute atomic E-state index is 0.0890. The fraction of sp³-hybridized carbons (Fsp3) is 0.296. The molecule has 5 heteroatoms. The molecule has 0 aliphatic rings. The van der Waals surface area contributed by atoms with Crippen molar-refractivity contribution in [1.82, 2.24) is 4.98 Å². The van der Waals surface area contributed by atoms with Gasteiger partial charge in [-0.05, 0) is 42.2 Å². The van der Waals surface area contributed by atoms with E-state index in [2.05, 4.69) is 11.9 Å². The summed E-state index contributed by atoms with van der Waals surface area (Å²) in [6.07, 6.45) is 4.07. The van der Waals surface area contributed by atoms with Gasteiger partial charge in [-0.15, -0.1) is 0 Å². The van der Waals surface area contributed by atoms with Crippen LogP contribution in [0, 0.1) is 0 Å². The van der Waals surface area contributed by atoms with Crippen molar-refractivity contribution >= 4 is 17.4 Å². The molecule has 0 N–H and O–H groups in total. The molecule has 0 fully saturated rings. The maximum atomic E-state index is 12.6. The molecular formula is C27H30N2O3. The summed E-state index contributed by atoms with van der Waals surface area (Å²) in [6.45, 7) is 4.67. The summed E-state index contributed by atoms with van der Waals surface area (Å²) in [5.74, 6) is 0.787. The van der Waals surface area contributed by atoms with Gasteiger partial charge < -0.3 is 9.64 Å². The zero-order valence-corrected chi connectivity index (χ0v) is 19.0. The van der Waals surface area contributed by atoms with Gasteiger partial charge in [0.1, 0.15) is 0 Å². The summed E-state index contributed by atoms with van der Waals surface area (Å²) in [5, 5.41) is 0. The number of ketones is 1. The molecule has 0 unspecified atom stereocenters. The molecule has 1 heterocycles. The highest BCUT2D eigenvalue weighted by atomic mass is 16.5. The number of aromatic nitrogens is 1. The number of rotatable bonds is 10. The SMILES string of the molecule is CCCN(C(=O)CC)c1ccc(-c2ccc(C(=O)CCc3cccnc3OC)cc2)cc1. The van der Waals surface area contributed by atoms with E-state index in [1.165, 1.54) is 0 Å². The average Bonchev–Trinajstić information content (AvgIpc) is 2.85. The molecule has 0 saturated carbocycles. The molecule has 3 rings (SSSR count). The first-order chi connectivity index (χ1) is 15.6. The number of carbonyl (C=O) groups excluding carboxylic acids is 2. The highest BCUT2D eigenvalue weighted by Crippen LogP contribution is 2.25. The number of hydrogen-bond donors (Lipinski definition) is 0. The number of pyridine rings is 1. The van der Waals surface area contributed by atoms with Crippen molar-refractivity contribution in [2.75, 3.05) is 18.6 Å². The van der Waals surface area contributed by atoms with Gasteiger partial charge in [-0.1, -0.05) is 56.3 Å². The number of aryl methyl sites for hydroxylation is 1. The van der Waals surface area contributed by atoms with Crippen molar-refractivity contribution in [2.24, 2.45) is 0 Å². The summed E-state index contributed by atoms with van der Waals surface area (Å²) in [5.41, 5.74) is 4.62. The molecule has 166 valence electrons. The highest BCUT2D eigenvalue weighted by Gasteiger charge is 2.13. The van der Waals surface area contributed by atoms with E-state index in [0.29, 0.717) is 37.3 Å². The van der Waals surface area contributed by atoms with E-state index in [0.717, 1.165) is 28.8 Å². The Labute approximate surface area is 190 Å². The minimum atomic E-state index is 0.0890. The van der Waals surface area contributed by atoms with Gasteiger partial charge in [-0.25, -0.2) is 4.98 Å². The van der Waals surface area contributed by atoms with E-state index in [9.17, 15) is 9.59 Å². The molecule has 0 saturated heterocycles. The van der Waals surface area contributed by atoms with Gasteiger partial charge in [0.05, 0.1) is 7.11 Å². The lowest BCUT2D eigenvalue weighted by molar-refractivity contribution is -0.118. The molecule has 0 spiro atoms. The van der Waals surface area contributed by atoms with Crippen LogP contribution >= 0.6 is 0 Å². The number of nitrogens with zero attached hydrogens (tertiary/aromatic N) is 2. The number of anilines is 1. The van der Waals surface area contributed by atoms with E-state index in [-0.39, 0.29) is 11.7 Å². The van der Waals surface area contributed by atoms with Crippen molar-refractivity contribution in [2.45, 2.75) is 39.5 Å². The normalized spacial score (nSPS) is 10.6. The standard InChI is InChI=1S/C27H30N2O3/c1-4-19-29(26(31)5-2)24-15-12-21(13-16-24)20-8-10-22(11-9-20)25(30)17-14-23-7-6-18-28-27(23)32-3/h6-13,15-16,18H,4-5,14,17,19H2,1-3H3. The molecular weight excluding hydrogens is 400 g/mol. The fourth-order valence-corrected chi connectivity index (χ4v) is 3.69. The van der Waals surface area contributed by atoms with Crippen molar-refractivity contribution in [3.63, 3.8) is 0 Å². The second-order valence-corrected chi connectivity index (χ2v) is 7.62. The Morgan fingerprint density at radius 3 is 2.19 bits per heavy atom. The lowest BCUT2D eigenvalue weighted by Gasteiger charge is -2.22. The Morgan fingerprint density at radius 2 is 1.59 bits per heavy atom. The zero-order chi connectivity index (χ0) is 22.9. The summed E-state index contributed by atoms with van der Waals surface area (Å²) < 4.78 is 5.26. The first-order valence-corrected chi connectivity index (χ1v) is 11.1. The monoisotopic (exact) mass is 430 g/mol. The number of benzene rings is 2.